The third kappa shape index (κ3) is 1.82. The van der Waals surface area contributed by atoms with Crippen LogP contribution in [-0.2, 0) is 0 Å². The highest BCUT2D eigenvalue weighted by molar-refractivity contribution is 9.10. The highest BCUT2D eigenvalue weighted by atomic mass is 79.9. The number of halogens is 1. The summed E-state index contributed by atoms with van der Waals surface area (Å²) in [7, 11) is 0. The summed E-state index contributed by atoms with van der Waals surface area (Å²) in [4.78, 5) is 0. The predicted octanol–water partition coefficient (Wildman–Crippen LogP) is 1.89. The monoisotopic (exact) mass is 293 g/mol. The molecule has 3 atom stereocenters. The van der Waals surface area contributed by atoms with Gasteiger partial charge in [0.1, 0.15) is 11.8 Å². The van der Waals surface area contributed by atoms with Gasteiger partial charge in [-0.2, -0.15) is 5.26 Å². The highest BCUT2D eigenvalue weighted by Crippen LogP contribution is 2.39. The van der Waals surface area contributed by atoms with Crippen LogP contribution in [-0.4, -0.2) is 12.6 Å². The van der Waals surface area contributed by atoms with Crippen molar-refractivity contribution in [2.24, 2.45) is 5.92 Å². The molecular weight excluding hydrogens is 282 g/mol. The first kappa shape index (κ1) is 11.0. The molecule has 88 valence electrons. The van der Waals surface area contributed by atoms with E-state index in [2.05, 4.69) is 38.9 Å². The van der Waals surface area contributed by atoms with Crippen LogP contribution in [0.1, 0.15) is 18.0 Å². The molecule has 0 saturated carbocycles. The molecule has 0 amide bonds. The first-order valence-corrected chi connectivity index (χ1v) is 6.42. The average Bonchev–Trinajstić information content (AvgIpc) is 2.66. The zero-order valence-electron chi connectivity index (χ0n) is 9.11. The number of hydrogen-bond acceptors (Lipinski definition) is 4. The minimum atomic E-state index is -0.145. The van der Waals surface area contributed by atoms with Crippen LogP contribution in [0.2, 0.25) is 0 Å². The summed E-state index contributed by atoms with van der Waals surface area (Å²) in [6.07, 6.45) is 0.884. The van der Waals surface area contributed by atoms with Crippen LogP contribution in [0, 0.1) is 17.2 Å². The van der Waals surface area contributed by atoms with Crippen molar-refractivity contribution >= 4 is 15.9 Å². The van der Waals surface area contributed by atoms with E-state index in [4.69, 9.17) is 10.00 Å². The van der Waals surface area contributed by atoms with E-state index in [-0.39, 0.29) is 18.0 Å². The lowest BCUT2D eigenvalue weighted by Crippen LogP contribution is -2.31. The van der Waals surface area contributed by atoms with Gasteiger partial charge in [0.2, 0.25) is 0 Å². The van der Waals surface area contributed by atoms with Crippen LogP contribution >= 0.6 is 15.9 Å². The van der Waals surface area contributed by atoms with Gasteiger partial charge in [-0.05, 0) is 24.6 Å². The molecule has 3 unspecified atom stereocenters. The molecule has 0 aromatic heterocycles. The zero-order valence-corrected chi connectivity index (χ0v) is 10.7. The molecular formula is C12H12BrN3O. The normalized spacial score (nSPS) is 30.7. The molecule has 3 rings (SSSR count). The van der Waals surface area contributed by atoms with Crippen molar-refractivity contribution < 1.29 is 4.74 Å². The number of hydrogen-bond donors (Lipinski definition) is 2. The van der Waals surface area contributed by atoms with Gasteiger partial charge in [-0.15, -0.1) is 0 Å². The molecule has 0 radical (unpaired) electrons. The molecule has 5 heteroatoms. The molecule has 1 fully saturated rings. The maximum Gasteiger partial charge on any atom is 0.124 e. The molecule has 2 aliphatic heterocycles. The Morgan fingerprint density at radius 3 is 3.12 bits per heavy atom. The Hall–Kier alpha value is -1.09. The number of nitrogens with one attached hydrogen (secondary N) is 2. The van der Waals surface area contributed by atoms with E-state index in [1.165, 1.54) is 0 Å². The van der Waals surface area contributed by atoms with E-state index in [1.54, 1.807) is 0 Å². The SMILES string of the molecule is N#CC1NNC2c3cc(Br)ccc3OCCC12. The van der Waals surface area contributed by atoms with E-state index >= 15 is 0 Å². The van der Waals surface area contributed by atoms with E-state index in [9.17, 15) is 0 Å². The third-order valence-electron chi connectivity index (χ3n) is 3.41. The lowest BCUT2D eigenvalue weighted by atomic mass is 9.88. The van der Waals surface area contributed by atoms with Crippen molar-refractivity contribution in [2.45, 2.75) is 18.5 Å². The van der Waals surface area contributed by atoms with Gasteiger partial charge in [0.25, 0.3) is 0 Å². The molecule has 2 aliphatic rings. The van der Waals surface area contributed by atoms with Gasteiger partial charge in [-0.25, -0.2) is 10.9 Å². The van der Waals surface area contributed by atoms with Crippen molar-refractivity contribution in [1.29, 1.82) is 5.26 Å². The topological polar surface area (TPSA) is 57.1 Å². The van der Waals surface area contributed by atoms with Crippen LogP contribution in [0.25, 0.3) is 0 Å². The Bertz CT molecular complexity index is 485. The molecule has 2 N–H and O–H groups in total. The molecule has 17 heavy (non-hydrogen) atoms. The van der Waals surface area contributed by atoms with E-state index in [0.29, 0.717) is 6.61 Å². The van der Waals surface area contributed by atoms with Crippen LogP contribution in [0.3, 0.4) is 0 Å². The van der Waals surface area contributed by atoms with Gasteiger partial charge in [0.15, 0.2) is 0 Å². The zero-order chi connectivity index (χ0) is 11.8. The first-order valence-electron chi connectivity index (χ1n) is 5.62. The summed E-state index contributed by atoms with van der Waals surface area (Å²) in [5, 5.41) is 9.10. The van der Waals surface area contributed by atoms with Crippen molar-refractivity contribution in [3.8, 4) is 11.8 Å². The summed E-state index contributed by atoms with van der Waals surface area (Å²) in [6.45, 7) is 0.664. The molecule has 0 bridgehead atoms. The van der Waals surface area contributed by atoms with Crippen molar-refractivity contribution in [1.82, 2.24) is 10.9 Å². The second kappa shape index (κ2) is 4.30. The molecule has 1 aromatic rings. The van der Waals surface area contributed by atoms with Gasteiger partial charge in [-0.3, -0.25) is 0 Å². The Morgan fingerprint density at radius 1 is 1.41 bits per heavy atom. The Morgan fingerprint density at radius 2 is 2.29 bits per heavy atom. The number of nitrogens with zero attached hydrogens (tertiary/aromatic N) is 1. The number of hydrazine groups is 1. The molecule has 0 spiro atoms. The second-order valence-electron chi connectivity index (χ2n) is 4.36. The molecule has 0 aliphatic carbocycles. The summed E-state index contributed by atoms with van der Waals surface area (Å²) < 4.78 is 6.76. The van der Waals surface area contributed by atoms with Crippen LogP contribution < -0.4 is 15.6 Å². The van der Waals surface area contributed by atoms with Gasteiger partial charge >= 0.3 is 0 Å². The van der Waals surface area contributed by atoms with E-state index in [0.717, 1.165) is 22.2 Å². The fraction of sp³-hybridized carbons (Fsp3) is 0.417. The fourth-order valence-corrected chi connectivity index (χ4v) is 2.93. The smallest absolute Gasteiger partial charge is 0.124 e. The Kier molecular flexibility index (Phi) is 2.79. The molecule has 4 nitrogen and oxygen atoms in total. The summed E-state index contributed by atoms with van der Waals surface area (Å²) in [5.74, 6) is 1.17. The van der Waals surface area contributed by atoms with E-state index < -0.39 is 0 Å². The number of fused-ring (bicyclic) bond motifs is 3. The molecule has 1 saturated heterocycles. The van der Waals surface area contributed by atoms with E-state index in [1.807, 2.05) is 12.1 Å². The minimum Gasteiger partial charge on any atom is -0.493 e. The molecule has 2 heterocycles. The predicted molar refractivity (Wildman–Crippen MR) is 66.2 cm³/mol. The highest BCUT2D eigenvalue weighted by Gasteiger charge is 2.39. The second-order valence-corrected chi connectivity index (χ2v) is 5.27. The van der Waals surface area contributed by atoms with Crippen molar-refractivity contribution in [3.63, 3.8) is 0 Å². The Balaban J connectivity index is 2.03. The van der Waals surface area contributed by atoms with Crippen LogP contribution in [0.5, 0.6) is 5.75 Å². The molecule has 1 aromatic carbocycles. The van der Waals surface area contributed by atoms with Crippen molar-refractivity contribution in [2.75, 3.05) is 6.61 Å². The standard InChI is InChI=1S/C12H12BrN3O/c13-7-1-2-11-9(5-7)12-8(3-4-17-11)10(6-14)15-16-12/h1-2,5,8,10,12,15-16H,3-4H2. The average molecular weight is 294 g/mol. The fourth-order valence-electron chi connectivity index (χ4n) is 2.55. The summed E-state index contributed by atoms with van der Waals surface area (Å²) in [5.41, 5.74) is 7.38. The lowest BCUT2D eigenvalue weighted by molar-refractivity contribution is 0.289. The summed E-state index contributed by atoms with van der Waals surface area (Å²) in [6, 6.07) is 8.31. The van der Waals surface area contributed by atoms with Crippen LogP contribution in [0.15, 0.2) is 22.7 Å². The van der Waals surface area contributed by atoms with Gasteiger partial charge < -0.3 is 4.74 Å². The first-order chi connectivity index (χ1) is 8.29. The number of rotatable bonds is 0. The van der Waals surface area contributed by atoms with Gasteiger partial charge in [-0.1, -0.05) is 15.9 Å². The number of nitriles is 1. The van der Waals surface area contributed by atoms with Gasteiger partial charge in [0, 0.05) is 16.0 Å². The quantitative estimate of drug-likeness (QED) is 0.767. The summed E-state index contributed by atoms with van der Waals surface area (Å²) >= 11 is 3.48. The maximum absolute atomic E-state index is 9.10. The lowest BCUT2D eigenvalue weighted by Gasteiger charge is -2.17. The third-order valence-corrected chi connectivity index (χ3v) is 3.90. The maximum atomic E-state index is 9.10. The van der Waals surface area contributed by atoms with Crippen LogP contribution in [0.4, 0.5) is 0 Å². The van der Waals surface area contributed by atoms with Crippen molar-refractivity contribution in [3.05, 3.63) is 28.2 Å². The number of benzene rings is 1. The Labute approximate surface area is 108 Å². The largest absolute Gasteiger partial charge is 0.493 e. The minimum absolute atomic E-state index is 0.145. The van der Waals surface area contributed by atoms with Gasteiger partial charge in [0.05, 0.1) is 18.7 Å². The number of ether oxygens (including phenoxy) is 1.